The van der Waals surface area contributed by atoms with Gasteiger partial charge in [-0.05, 0) is 68.9 Å². The van der Waals surface area contributed by atoms with Gasteiger partial charge < -0.3 is 10.6 Å². The number of nitrogens with two attached hydrogens (primary N) is 1. The lowest BCUT2D eigenvalue weighted by atomic mass is 9.88. The van der Waals surface area contributed by atoms with E-state index in [1.165, 1.54) is 45.2 Å². The highest BCUT2D eigenvalue weighted by atomic mass is 15.1. The number of hydrogen-bond acceptors (Lipinski definition) is 2. The summed E-state index contributed by atoms with van der Waals surface area (Å²) in [5.74, 6) is 4.59. The molecule has 4 unspecified atom stereocenters. The molecule has 106 valence electrons. The quantitative estimate of drug-likeness (QED) is 0.755. The first-order chi connectivity index (χ1) is 8.58. The van der Waals surface area contributed by atoms with Crippen molar-refractivity contribution < 1.29 is 0 Å². The Kier molecular flexibility index (Phi) is 5.08. The average Bonchev–Trinajstić information content (AvgIpc) is 2.89. The van der Waals surface area contributed by atoms with Gasteiger partial charge in [0.15, 0.2) is 0 Å². The molecule has 0 spiro atoms. The number of nitrogens with zero attached hydrogens (tertiary/aromatic N) is 1. The van der Waals surface area contributed by atoms with Crippen molar-refractivity contribution in [2.45, 2.75) is 46.0 Å². The Morgan fingerprint density at radius 1 is 1.22 bits per heavy atom. The van der Waals surface area contributed by atoms with Crippen LogP contribution in [0.3, 0.4) is 0 Å². The second kappa shape index (κ2) is 6.38. The van der Waals surface area contributed by atoms with Crippen molar-refractivity contribution >= 4 is 0 Å². The van der Waals surface area contributed by atoms with E-state index in [1.807, 2.05) is 0 Å². The summed E-state index contributed by atoms with van der Waals surface area (Å²) in [7, 11) is 2.30. The van der Waals surface area contributed by atoms with Gasteiger partial charge in [-0.3, -0.25) is 0 Å². The number of fused-ring (bicyclic) bond motifs is 2. The molecule has 0 saturated heterocycles. The lowest BCUT2D eigenvalue weighted by Crippen LogP contribution is -2.35. The second-order valence-electron chi connectivity index (χ2n) is 7.39. The van der Waals surface area contributed by atoms with Crippen LogP contribution in [0.4, 0.5) is 0 Å². The van der Waals surface area contributed by atoms with Gasteiger partial charge in [0.1, 0.15) is 0 Å². The van der Waals surface area contributed by atoms with Gasteiger partial charge in [-0.1, -0.05) is 20.3 Å². The SMILES string of the molecule is CC(C)CC(CN)CN(C)CC1CC2CCC1C2. The minimum atomic E-state index is 0.689. The van der Waals surface area contributed by atoms with E-state index in [-0.39, 0.29) is 0 Å². The van der Waals surface area contributed by atoms with Gasteiger partial charge >= 0.3 is 0 Å². The number of hydrogen-bond donors (Lipinski definition) is 1. The third-order valence-electron chi connectivity index (χ3n) is 5.14. The Labute approximate surface area is 113 Å². The van der Waals surface area contributed by atoms with Crippen molar-refractivity contribution in [1.82, 2.24) is 4.90 Å². The van der Waals surface area contributed by atoms with Crippen LogP contribution in [0, 0.1) is 29.6 Å². The molecule has 0 aromatic heterocycles. The molecule has 2 aliphatic carbocycles. The van der Waals surface area contributed by atoms with Crippen molar-refractivity contribution in [1.29, 1.82) is 0 Å². The maximum absolute atomic E-state index is 5.91. The largest absolute Gasteiger partial charge is 0.330 e. The summed E-state index contributed by atoms with van der Waals surface area (Å²) in [5.41, 5.74) is 5.91. The molecule has 2 saturated carbocycles. The summed E-state index contributed by atoms with van der Waals surface area (Å²) in [4.78, 5) is 2.56. The van der Waals surface area contributed by atoms with Crippen molar-refractivity contribution in [3.05, 3.63) is 0 Å². The summed E-state index contributed by atoms with van der Waals surface area (Å²) in [5, 5.41) is 0. The van der Waals surface area contributed by atoms with Crippen LogP contribution in [-0.4, -0.2) is 31.6 Å². The summed E-state index contributed by atoms with van der Waals surface area (Å²) in [6.45, 7) is 7.97. The monoisotopic (exact) mass is 252 g/mol. The molecule has 0 aromatic rings. The molecule has 2 bridgehead atoms. The van der Waals surface area contributed by atoms with Crippen molar-refractivity contribution in [3.8, 4) is 0 Å². The first-order valence-electron chi connectivity index (χ1n) is 7.97. The predicted molar refractivity (Wildman–Crippen MR) is 78.4 cm³/mol. The van der Waals surface area contributed by atoms with E-state index in [9.17, 15) is 0 Å². The third-order valence-corrected chi connectivity index (χ3v) is 5.14. The molecule has 0 aromatic carbocycles. The molecule has 2 nitrogen and oxygen atoms in total. The van der Waals surface area contributed by atoms with Crippen molar-refractivity contribution in [3.63, 3.8) is 0 Å². The van der Waals surface area contributed by atoms with E-state index < -0.39 is 0 Å². The van der Waals surface area contributed by atoms with Gasteiger partial charge in [-0.2, -0.15) is 0 Å². The fourth-order valence-electron chi connectivity index (χ4n) is 4.43. The molecular formula is C16H32N2. The lowest BCUT2D eigenvalue weighted by Gasteiger charge is -2.30. The summed E-state index contributed by atoms with van der Waals surface area (Å²) in [6.07, 6.45) is 7.34. The molecular weight excluding hydrogens is 220 g/mol. The fraction of sp³-hybridized carbons (Fsp3) is 1.00. The van der Waals surface area contributed by atoms with E-state index in [2.05, 4.69) is 25.8 Å². The van der Waals surface area contributed by atoms with Crippen molar-refractivity contribution in [2.24, 2.45) is 35.3 Å². The van der Waals surface area contributed by atoms with Crippen LogP contribution in [0.5, 0.6) is 0 Å². The van der Waals surface area contributed by atoms with Gasteiger partial charge in [0.25, 0.3) is 0 Å². The Morgan fingerprint density at radius 3 is 2.50 bits per heavy atom. The van der Waals surface area contributed by atoms with E-state index in [0.29, 0.717) is 5.92 Å². The van der Waals surface area contributed by atoms with Crippen LogP contribution in [0.15, 0.2) is 0 Å². The van der Waals surface area contributed by atoms with Crippen LogP contribution in [0.25, 0.3) is 0 Å². The number of rotatable bonds is 7. The molecule has 18 heavy (non-hydrogen) atoms. The van der Waals surface area contributed by atoms with Crippen LogP contribution in [-0.2, 0) is 0 Å². The van der Waals surface area contributed by atoms with Gasteiger partial charge in [0.2, 0.25) is 0 Å². The van der Waals surface area contributed by atoms with E-state index >= 15 is 0 Å². The molecule has 2 fully saturated rings. The topological polar surface area (TPSA) is 29.3 Å². The summed E-state index contributed by atoms with van der Waals surface area (Å²) < 4.78 is 0. The maximum Gasteiger partial charge on any atom is 0.00189 e. The third kappa shape index (κ3) is 3.71. The molecule has 0 amide bonds. The highest BCUT2D eigenvalue weighted by molar-refractivity contribution is 4.91. The highest BCUT2D eigenvalue weighted by Crippen LogP contribution is 2.48. The molecule has 0 heterocycles. The van der Waals surface area contributed by atoms with Gasteiger partial charge in [0, 0.05) is 13.1 Å². The van der Waals surface area contributed by atoms with Crippen LogP contribution < -0.4 is 5.73 Å². The standard InChI is InChI=1S/C16H32N2/c1-12(2)6-14(9-17)10-18(3)11-16-8-13-4-5-15(16)7-13/h12-16H,4-11,17H2,1-3H3. The minimum Gasteiger partial charge on any atom is -0.330 e. The zero-order chi connectivity index (χ0) is 13.1. The van der Waals surface area contributed by atoms with E-state index in [0.717, 1.165) is 30.2 Å². The zero-order valence-corrected chi connectivity index (χ0v) is 12.6. The van der Waals surface area contributed by atoms with Crippen LogP contribution >= 0.6 is 0 Å². The molecule has 2 aliphatic rings. The van der Waals surface area contributed by atoms with E-state index in [4.69, 9.17) is 5.73 Å². The molecule has 2 rings (SSSR count). The summed E-state index contributed by atoms with van der Waals surface area (Å²) >= 11 is 0. The van der Waals surface area contributed by atoms with Crippen LogP contribution in [0.2, 0.25) is 0 Å². The van der Waals surface area contributed by atoms with Gasteiger partial charge in [0.05, 0.1) is 0 Å². The molecule has 2 heteroatoms. The molecule has 0 radical (unpaired) electrons. The first-order valence-corrected chi connectivity index (χ1v) is 7.97. The minimum absolute atomic E-state index is 0.689. The molecule has 2 N–H and O–H groups in total. The highest BCUT2D eigenvalue weighted by Gasteiger charge is 2.39. The maximum atomic E-state index is 5.91. The smallest absolute Gasteiger partial charge is 0.00189 e. The molecule has 4 atom stereocenters. The second-order valence-corrected chi connectivity index (χ2v) is 7.39. The van der Waals surface area contributed by atoms with Crippen LogP contribution in [0.1, 0.15) is 46.0 Å². The normalized spacial score (nSPS) is 32.7. The lowest BCUT2D eigenvalue weighted by molar-refractivity contribution is 0.190. The van der Waals surface area contributed by atoms with Gasteiger partial charge in [-0.25, -0.2) is 0 Å². The Bertz CT molecular complexity index is 251. The predicted octanol–water partition coefficient (Wildman–Crippen LogP) is 2.98. The van der Waals surface area contributed by atoms with E-state index in [1.54, 1.807) is 0 Å². The Morgan fingerprint density at radius 2 is 2.00 bits per heavy atom. The fourth-order valence-corrected chi connectivity index (χ4v) is 4.43. The average molecular weight is 252 g/mol. The summed E-state index contributed by atoms with van der Waals surface area (Å²) in [6, 6.07) is 0. The molecule has 0 aliphatic heterocycles. The Balaban J connectivity index is 1.72. The zero-order valence-electron chi connectivity index (χ0n) is 12.6. The van der Waals surface area contributed by atoms with Gasteiger partial charge in [-0.15, -0.1) is 0 Å². The van der Waals surface area contributed by atoms with Crippen molar-refractivity contribution in [2.75, 3.05) is 26.7 Å². The Hall–Kier alpha value is -0.0800. The first kappa shape index (κ1) is 14.3.